The van der Waals surface area contributed by atoms with Crippen LogP contribution < -0.4 is 0 Å². The van der Waals surface area contributed by atoms with E-state index in [4.69, 9.17) is 4.42 Å². The summed E-state index contributed by atoms with van der Waals surface area (Å²) in [6.45, 7) is 0.168. The smallest absolute Gasteiger partial charge is 0.269 e. The van der Waals surface area contributed by atoms with Crippen LogP contribution in [0.25, 0.3) is 6.08 Å². The summed E-state index contributed by atoms with van der Waals surface area (Å²) in [7, 11) is 0. The lowest BCUT2D eigenvalue weighted by Gasteiger charge is -2.12. The molecule has 10 heteroatoms. The van der Waals surface area contributed by atoms with Gasteiger partial charge in [0.2, 0.25) is 0 Å². The molecule has 0 radical (unpaired) electrons. The maximum absolute atomic E-state index is 13.0. The Hall–Kier alpha value is -4.18. The highest BCUT2D eigenvalue weighted by Gasteiger charge is 2.34. The molecule has 32 heavy (non-hydrogen) atoms. The maximum Gasteiger partial charge on any atom is 0.269 e. The van der Waals surface area contributed by atoms with Crippen LogP contribution in [-0.2, 0) is 11.3 Å². The van der Waals surface area contributed by atoms with Gasteiger partial charge in [0.1, 0.15) is 11.5 Å². The highest BCUT2D eigenvalue weighted by atomic mass is 32.2. The summed E-state index contributed by atoms with van der Waals surface area (Å²) in [5, 5.41) is 29.2. The van der Waals surface area contributed by atoms with Gasteiger partial charge in [-0.05, 0) is 59.8 Å². The second-order valence-electron chi connectivity index (χ2n) is 6.62. The highest BCUT2D eigenvalue weighted by molar-refractivity contribution is 8.18. The number of para-hydroxylation sites is 1. The number of furan rings is 1. The standard InChI is InChI=1S/C22H16N4O5S/c27-19-6-2-1-4-16(19)13-23-24-22-25(14-18-5-3-11-31-18)21(28)20(32-22)12-15-7-9-17(10-8-15)26(29)30/h1-13,27H,14H2/b20-12-,23-13-,24-22+. The second kappa shape index (κ2) is 9.31. The van der Waals surface area contributed by atoms with Crippen molar-refractivity contribution in [3.8, 4) is 5.75 Å². The summed E-state index contributed by atoms with van der Waals surface area (Å²) >= 11 is 1.13. The van der Waals surface area contributed by atoms with Gasteiger partial charge < -0.3 is 9.52 Å². The number of carbonyl (C=O) groups excluding carboxylic acids is 1. The van der Waals surface area contributed by atoms with E-state index in [1.807, 2.05) is 0 Å². The number of phenolic OH excluding ortho intramolecular Hbond substituents is 1. The molecule has 3 aromatic rings. The van der Waals surface area contributed by atoms with E-state index in [2.05, 4.69) is 10.2 Å². The Balaban J connectivity index is 1.62. The van der Waals surface area contributed by atoms with Gasteiger partial charge in [0.05, 0.1) is 28.9 Å². The summed E-state index contributed by atoms with van der Waals surface area (Å²) in [5.41, 5.74) is 1.10. The molecule has 1 amide bonds. The van der Waals surface area contributed by atoms with Gasteiger partial charge in [0.15, 0.2) is 5.17 Å². The first-order valence-corrected chi connectivity index (χ1v) is 10.2. The lowest BCUT2D eigenvalue weighted by atomic mass is 10.2. The molecule has 1 saturated heterocycles. The number of nitro benzene ring substituents is 1. The first kappa shape index (κ1) is 21.1. The van der Waals surface area contributed by atoms with Crippen LogP contribution in [0.3, 0.4) is 0 Å². The topological polar surface area (TPSA) is 122 Å². The van der Waals surface area contributed by atoms with Crippen molar-refractivity contribution >= 4 is 40.8 Å². The molecule has 2 heterocycles. The van der Waals surface area contributed by atoms with Crippen molar-refractivity contribution in [3.05, 3.63) is 98.8 Å². The van der Waals surface area contributed by atoms with Crippen molar-refractivity contribution in [1.29, 1.82) is 0 Å². The quantitative estimate of drug-likeness (QED) is 0.258. The molecule has 0 aliphatic carbocycles. The zero-order valence-electron chi connectivity index (χ0n) is 16.5. The molecule has 1 aliphatic rings. The van der Waals surface area contributed by atoms with Crippen LogP contribution in [0.15, 0.2) is 86.5 Å². The normalized spacial score (nSPS) is 16.5. The Kier molecular flexibility index (Phi) is 6.13. The summed E-state index contributed by atoms with van der Waals surface area (Å²) in [6.07, 6.45) is 4.56. The van der Waals surface area contributed by atoms with E-state index in [0.29, 0.717) is 27.0 Å². The van der Waals surface area contributed by atoms with Crippen molar-refractivity contribution in [1.82, 2.24) is 4.90 Å². The molecule has 1 N–H and O–H groups in total. The van der Waals surface area contributed by atoms with Crippen LogP contribution in [0.5, 0.6) is 5.75 Å². The molecular weight excluding hydrogens is 432 g/mol. The zero-order valence-corrected chi connectivity index (χ0v) is 17.3. The largest absolute Gasteiger partial charge is 0.507 e. The highest BCUT2D eigenvalue weighted by Crippen LogP contribution is 2.34. The predicted octanol–water partition coefficient (Wildman–Crippen LogP) is 4.40. The molecule has 1 aromatic heterocycles. The Labute approximate surface area is 186 Å². The third-order valence-corrected chi connectivity index (χ3v) is 5.46. The molecule has 2 aromatic carbocycles. The van der Waals surface area contributed by atoms with Crippen molar-refractivity contribution in [2.45, 2.75) is 6.54 Å². The number of rotatable bonds is 6. The molecule has 0 bridgehead atoms. The van der Waals surface area contributed by atoms with Crippen LogP contribution >= 0.6 is 11.8 Å². The van der Waals surface area contributed by atoms with Gasteiger partial charge in [0.25, 0.3) is 11.6 Å². The number of carbonyl (C=O) groups is 1. The molecule has 0 atom stereocenters. The maximum atomic E-state index is 13.0. The lowest BCUT2D eigenvalue weighted by molar-refractivity contribution is -0.384. The van der Waals surface area contributed by atoms with Crippen LogP contribution in [-0.4, -0.2) is 32.2 Å². The van der Waals surface area contributed by atoms with Crippen molar-refractivity contribution in [2.24, 2.45) is 10.2 Å². The van der Waals surface area contributed by atoms with Gasteiger partial charge in [0, 0.05) is 17.7 Å². The Morgan fingerprint density at radius 2 is 1.91 bits per heavy atom. The van der Waals surface area contributed by atoms with E-state index < -0.39 is 4.92 Å². The minimum atomic E-state index is -0.481. The number of non-ortho nitro benzene ring substituents is 1. The van der Waals surface area contributed by atoms with Crippen molar-refractivity contribution < 1.29 is 19.2 Å². The fraction of sp³-hybridized carbons (Fsp3) is 0.0455. The molecule has 9 nitrogen and oxygen atoms in total. The Morgan fingerprint density at radius 3 is 2.59 bits per heavy atom. The average Bonchev–Trinajstić information content (AvgIpc) is 3.40. The molecule has 1 aliphatic heterocycles. The zero-order chi connectivity index (χ0) is 22.5. The Bertz CT molecular complexity index is 1230. The van der Waals surface area contributed by atoms with E-state index in [0.717, 1.165) is 11.8 Å². The molecule has 0 unspecified atom stereocenters. The van der Waals surface area contributed by atoms with Crippen LogP contribution in [0.4, 0.5) is 5.69 Å². The number of amides is 1. The van der Waals surface area contributed by atoms with Gasteiger partial charge in [-0.3, -0.25) is 19.8 Å². The van der Waals surface area contributed by atoms with E-state index in [1.165, 1.54) is 35.6 Å². The third-order valence-electron chi connectivity index (χ3n) is 4.46. The minimum Gasteiger partial charge on any atom is -0.507 e. The number of phenols is 1. The van der Waals surface area contributed by atoms with Gasteiger partial charge >= 0.3 is 0 Å². The van der Waals surface area contributed by atoms with E-state index in [1.54, 1.807) is 48.5 Å². The summed E-state index contributed by atoms with van der Waals surface area (Å²) in [4.78, 5) is 25.2. The second-order valence-corrected chi connectivity index (χ2v) is 7.63. The van der Waals surface area contributed by atoms with Crippen LogP contribution in [0.2, 0.25) is 0 Å². The lowest BCUT2D eigenvalue weighted by Crippen LogP contribution is -2.28. The van der Waals surface area contributed by atoms with Gasteiger partial charge in [-0.25, -0.2) is 0 Å². The molecule has 1 fully saturated rings. The van der Waals surface area contributed by atoms with Crippen LogP contribution in [0, 0.1) is 10.1 Å². The van der Waals surface area contributed by atoms with E-state index >= 15 is 0 Å². The summed E-state index contributed by atoms with van der Waals surface area (Å²) < 4.78 is 5.36. The van der Waals surface area contributed by atoms with Gasteiger partial charge in [-0.15, -0.1) is 5.10 Å². The van der Waals surface area contributed by atoms with Crippen LogP contribution in [0.1, 0.15) is 16.9 Å². The number of benzene rings is 2. The molecular formula is C22H16N4O5S. The van der Waals surface area contributed by atoms with E-state index in [9.17, 15) is 20.0 Å². The molecule has 160 valence electrons. The average molecular weight is 448 g/mol. The number of hydrogen-bond donors (Lipinski definition) is 1. The molecule has 4 rings (SSSR count). The minimum absolute atomic E-state index is 0.0299. The number of hydrogen-bond acceptors (Lipinski definition) is 8. The SMILES string of the molecule is O=C1/C(=C/c2ccc([N+](=O)[O-])cc2)S/C(=N/N=C\c2ccccc2O)N1Cc1ccco1. The Morgan fingerprint density at radius 1 is 1.12 bits per heavy atom. The van der Waals surface area contributed by atoms with E-state index in [-0.39, 0.29) is 23.9 Å². The summed E-state index contributed by atoms with van der Waals surface area (Å²) in [6, 6.07) is 16.1. The number of thioether (sulfide) groups is 1. The molecule has 0 spiro atoms. The fourth-order valence-corrected chi connectivity index (χ4v) is 3.80. The monoisotopic (exact) mass is 448 g/mol. The number of nitrogens with zero attached hydrogens (tertiary/aromatic N) is 4. The summed E-state index contributed by atoms with van der Waals surface area (Å²) in [5.74, 6) is 0.354. The van der Waals surface area contributed by atoms with Gasteiger partial charge in [-0.1, -0.05) is 12.1 Å². The fourth-order valence-electron chi connectivity index (χ4n) is 2.86. The predicted molar refractivity (Wildman–Crippen MR) is 121 cm³/mol. The first-order valence-electron chi connectivity index (χ1n) is 9.38. The van der Waals surface area contributed by atoms with Gasteiger partial charge in [-0.2, -0.15) is 5.10 Å². The van der Waals surface area contributed by atoms with Crippen molar-refractivity contribution in [2.75, 3.05) is 0 Å². The first-order chi connectivity index (χ1) is 15.5. The third kappa shape index (κ3) is 4.76. The number of amidine groups is 1. The number of aromatic hydroxyl groups is 1. The number of nitro groups is 1. The van der Waals surface area contributed by atoms with Crippen molar-refractivity contribution in [3.63, 3.8) is 0 Å². The molecule has 0 saturated carbocycles.